The Kier molecular flexibility index (Phi) is 4.22. The predicted molar refractivity (Wildman–Crippen MR) is 63.1 cm³/mol. The van der Waals surface area contributed by atoms with Crippen LogP contribution in [0.4, 0.5) is 5.82 Å². The van der Waals surface area contributed by atoms with Crippen molar-refractivity contribution < 1.29 is 4.79 Å². The van der Waals surface area contributed by atoms with Crippen LogP contribution in [0.5, 0.6) is 0 Å². The number of carbonyl (C=O) groups excluding carboxylic acids is 1. The number of aryl methyl sites for hydroxylation is 1. The van der Waals surface area contributed by atoms with Crippen LogP contribution in [-0.4, -0.2) is 28.2 Å². The van der Waals surface area contributed by atoms with Gasteiger partial charge in [0.05, 0.1) is 6.20 Å². The molecule has 88 valence electrons. The molecule has 0 saturated heterocycles. The van der Waals surface area contributed by atoms with Crippen molar-refractivity contribution in [3.63, 3.8) is 0 Å². The lowest BCUT2D eigenvalue weighted by atomic mass is 10.2. The number of rotatable bonds is 4. The Morgan fingerprint density at radius 3 is 2.62 bits per heavy atom. The van der Waals surface area contributed by atoms with Gasteiger partial charge < -0.3 is 10.6 Å². The minimum absolute atomic E-state index is 0.0432. The fraction of sp³-hybridized carbons (Fsp3) is 0.545. The average molecular weight is 222 g/mol. The third-order valence-electron chi connectivity index (χ3n) is 1.98. The van der Waals surface area contributed by atoms with Crippen LogP contribution in [0.3, 0.4) is 0 Å². The monoisotopic (exact) mass is 222 g/mol. The summed E-state index contributed by atoms with van der Waals surface area (Å²) in [4.78, 5) is 11.6. The molecule has 0 bridgehead atoms. The van der Waals surface area contributed by atoms with Gasteiger partial charge in [0.25, 0.3) is 0 Å². The van der Waals surface area contributed by atoms with E-state index in [1.54, 1.807) is 13.1 Å². The van der Waals surface area contributed by atoms with E-state index in [0.717, 1.165) is 5.56 Å². The van der Waals surface area contributed by atoms with Crippen LogP contribution >= 0.6 is 0 Å². The maximum absolute atomic E-state index is 11.6. The maximum atomic E-state index is 11.6. The molecule has 16 heavy (non-hydrogen) atoms. The van der Waals surface area contributed by atoms with E-state index in [2.05, 4.69) is 20.8 Å². The first-order valence-electron chi connectivity index (χ1n) is 5.35. The second-order valence-corrected chi connectivity index (χ2v) is 4.15. The lowest BCUT2D eigenvalue weighted by Crippen LogP contribution is -2.41. The van der Waals surface area contributed by atoms with E-state index in [4.69, 9.17) is 0 Å². The second-order valence-electron chi connectivity index (χ2n) is 4.15. The molecule has 0 aliphatic rings. The molecule has 0 aromatic carbocycles. The van der Waals surface area contributed by atoms with Gasteiger partial charge in [-0.1, -0.05) is 0 Å². The second kappa shape index (κ2) is 5.44. The molecule has 0 saturated carbocycles. The fourth-order valence-electron chi connectivity index (χ4n) is 1.23. The first-order chi connectivity index (χ1) is 7.49. The molecule has 5 nitrogen and oxygen atoms in total. The van der Waals surface area contributed by atoms with Crippen molar-refractivity contribution in [3.05, 3.63) is 17.8 Å². The van der Waals surface area contributed by atoms with E-state index in [1.807, 2.05) is 26.8 Å². The number of nitrogens with zero attached hydrogens (tertiary/aromatic N) is 2. The maximum Gasteiger partial charge on any atom is 0.242 e. The SMILES string of the molecule is Cc1cnnc(NC(C)C(=O)NC(C)C)c1. The fourth-order valence-corrected chi connectivity index (χ4v) is 1.23. The quantitative estimate of drug-likeness (QED) is 0.801. The molecule has 1 heterocycles. The van der Waals surface area contributed by atoms with Crippen LogP contribution in [-0.2, 0) is 4.79 Å². The Balaban J connectivity index is 2.57. The Hall–Kier alpha value is -1.65. The van der Waals surface area contributed by atoms with Crippen molar-refractivity contribution in [3.8, 4) is 0 Å². The zero-order valence-electron chi connectivity index (χ0n) is 10.1. The molecule has 1 aromatic rings. The largest absolute Gasteiger partial charge is 0.357 e. The Morgan fingerprint density at radius 1 is 1.38 bits per heavy atom. The molecule has 1 amide bonds. The molecular weight excluding hydrogens is 204 g/mol. The minimum atomic E-state index is -0.321. The van der Waals surface area contributed by atoms with Gasteiger partial charge in [0.15, 0.2) is 0 Å². The molecule has 2 N–H and O–H groups in total. The van der Waals surface area contributed by atoms with E-state index in [0.29, 0.717) is 5.82 Å². The van der Waals surface area contributed by atoms with E-state index in [9.17, 15) is 4.79 Å². The molecule has 1 unspecified atom stereocenters. The summed E-state index contributed by atoms with van der Waals surface area (Å²) < 4.78 is 0. The Bertz CT molecular complexity index is 365. The summed E-state index contributed by atoms with van der Waals surface area (Å²) in [5.41, 5.74) is 1.01. The number of anilines is 1. The summed E-state index contributed by atoms with van der Waals surface area (Å²) in [6.45, 7) is 7.58. The summed E-state index contributed by atoms with van der Waals surface area (Å²) in [6, 6.07) is 1.67. The third-order valence-corrected chi connectivity index (χ3v) is 1.98. The highest BCUT2D eigenvalue weighted by Crippen LogP contribution is 2.05. The molecule has 1 rings (SSSR count). The molecule has 1 atom stereocenters. The van der Waals surface area contributed by atoms with Gasteiger partial charge in [-0.25, -0.2) is 0 Å². The van der Waals surface area contributed by atoms with Gasteiger partial charge in [-0.05, 0) is 39.3 Å². The summed E-state index contributed by atoms with van der Waals surface area (Å²) in [5, 5.41) is 13.5. The first kappa shape index (κ1) is 12.4. The zero-order valence-corrected chi connectivity index (χ0v) is 10.1. The zero-order chi connectivity index (χ0) is 12.1. The first-order valence-corrected chi connectivity index (χ1v) is 5.35. The minimum Gasteiger partial charge on any atom is -0.357 e. The topological polar surface area (TPSA) is 66.9 Å². The van der Waals surface area contributed by atoms with Crippen molar-refractivity contribution in [2.24, 2.45) is 0 Å². The standard InChI is InChI=1S/C11H18N4O/c1-7(2)13-11(16)9(4)14-10-5-8(3)6-12-15-10/h5-7,9H,1-4H3,(H,13,16)(H,14,15). The number of hydrogen-bond acceptors (Lipinski definition) is 4. The van der Waals surface area contributed by atoms with Gasteiger partial charge in [-0.2, -0.15) is 5.10 Å². The summed E-state index contributed by atoms with van der Waals surface area (Å²) >= 11 is 0. The molecule has 0 fully saturated rings. The highest BCUT2D eigenvalue weighted by Gasteiger charge is 2.13. The van der Waals surface area contributed by atoms with Crippen molar-refractivity contribution in [1.82, 2.24) is 15.5 Å². The molecule has 5 heteroatoms. The summed E-state index contributed by atoms with van der Waals surface area (Å²) in [7, 11) is 0. The number of amides is 1. The van der Waals surface area contributed by atoms with Gasteiger partial charge in [0.2, 0.25) is 5.91 Å². The number of hydrogen-bond donors (Lipinski definition) is 2. The lowest BCUT2D eigenvalue weighted by molar-refractivity contribution is -0.122. The van der Waals surface area contributed by atoms with E-state index < -0.39 is 0 Å². The third kappa shape index (κ3) is 3.84. The van der Waals surface area contributed by atoms with Crippen LogP contribution < -0.4 is 10.6 Å². The van der Waals surface area contributed by atoms with Crippen LogP contribution in [0.15, 0.2) is 12.3 Å². The van der Waals surface area contributed by atoms with Crippen molar-refractivity contribution >= 4 is 11.7 Å². The van der Waals surface area contributed by atoms with Crippen LogP contribution in [0.25, 0.3) is 0 Å². The molecule has 0 aliphatic carbocycles. The van der Waals surface area contributed by atoms with Crippen molar-refractivity contribution in [2.45, 2.75) is 39.8 Å². The summed E-state index contributed by atoms with van der Waals surface area (Å²) in [5.74, 6) is 0.574. The molecule has 0 aliphatic heterocycles. The average Bonchev–Trinajstić information content (AvgIpc) is 2.16. The number of nitrogens with one attached hydrogen (secondary N) is 2. The van der Waals surface area contributed by atoms with E-state index in [-0.39, 0.29) is 18.0 Å². The van der Waals surface area contributed by atoms with Crippen LogP contribution in [0, 0.1) is 6.92 Å². The highest BCUT2D eigenvalue weighted by atomic mass is 16.2. The molecular formula is C11H18N4O. The van der Waals surface area contributed by atoms with Crippen molar-refractivity contribution in [1.29, 1.82) is 0 Å². The van der Waals surface area contributed by atoms with Gasteiger partial charge in [0.1, 0.15) is 11.9 Å². The highest BCUT2D eigenvalue weighted by molar-refractivity contribution is 5.84. The van der Waals surface area contributed by atoms with Gasteiger partial charge in [-0.3, -0.25) is 4.79 Å². The normalized spacial score (nSPS) is 12.3. The number of aromatic nitrogens is 2. The van der Waals surface area contributed by atoms with Crippen molar-refractivity contribution in [2.75, 3.05) is 5.32 Å². The Labute approximate surface area is 95.7 Å². The summed E-state index contributed by atoms with van der Waals surface area (Å²) in [6.07, 6.45) is 1.67. The predicted octanol–water partition coefficient (Wildman–Crippen LogP) is 1.11. The molecule has 0 spiro atoms. The van der Waals surface area contributed by atoms with Gasteiger partial charge in [-0.15, -0.1) is 5.10 Å². The van der Waals surface area contributed by atoms with Crippen LogP contribution in [0.1, 0.15) is 26.3 Å². The molecule has 1 aromatic heterocycles. The van der Waals surface area contributed by atoms with E-state index >= 15 is 0 Å². The molecule has 0 radical (unpaired) electrons. The van der Waals surface area contributed by atoms with Gasteiger partial charge in [0, 0.05) is 6.04 Å². The lowest BCUT2D eigenvalue weighted by Gasteiger charge is -2.16. The van der Waals surface area contributed by atoms with Crippen LogP contribution in [0.2, 0.25) is 0 Å². The smallest absolute Gasteiger partial charge is 0.242 e. The Morgan fingerprint density at radius 2 is 2.06 bits per heavy atom. The van der Waals surface area contributed by atoms with Gasteiger partial charge >= 0.3 is 0 Å². The van der Waals surface area contributed by atoms with E-state index in [1.165, 1.54) is 0 Å². The number of carbonyl (C=O) groups is 1.